The molecule has 0 unspecified atom stereocenters. The summed E-state index contributed by atoms with van der Waals surface area (Å²) in [7, 11) is 0. The van der Waals surface area contributed by atoms with E-state index in [0.717, 1.165) is 49.9 Å². The lowest BCUT2D eigenvalue weighted by atomic mass is 9.98. The molecule has 234 valence electrons. The summed E-state index contributed by atoms with van der Waals surface area (Å²) < 4.78 is 7.34. The van der Waals surface area contributed by atoms with E-state index in [9.17, 15) is 5.26 Å². The van der Waals surface area contributed by atoms with Gasteiger partial charge in [0.1, 0.15) is 0 Å². The number of hydrogen-bond donors (Lipinski definition) is 0. The maximum absolute atomic E-state index is 9.74. The van der Waals surface area contributed by atoms with E-state index in [0.29, 0.717) is 12.1 Å². The predicted molar refractivity (Wildman–Crippen MR) is 211 cm³/mol. The van der Waals surface area contributed by atoms with Crippen molar-refractivity contribution in [3.05, 3.63) is 157 Å². The second-order valence-corrected chi connectivity index (χ2v) is 13.8. The van der Waals surface area contributed by atoms with Gasteiger partial charge >= 0.3 is 0 Å². The van der Waals surface area contributed by atoms with E-state index in [-0.39, 0.29) is 0 Å². The number of aromatic nitrogens is 2. The molecule has 50 heavy (non-hydrogen) atoms. The van der Waals surface area contributed by atoms with Crippen LogP contribution in [0.5, 0.6) is 0 Å². The monoisotopic (exact) mass is 656 g/mol. The number of aliphatic imine (C=N–C) groups is 1. The molecule has 3 heterocycles. The number of benzene rings is 7. The number of hydrogen-bond acceptors (Lipinski definition) is 3. The van der Waals surface area contributed by atoms with Gasteiger partial charge in [-0.2, -0.15) is 5.26 Å². The van der Waals surface area contributed by atoms with Crippen molar-refractivity contribution in [3.8, 4) is 28.6 Å². The summed E-state index contributed by atoms with van der Waals surface area (Å²) in [6, 6.07) is 54.3. The topological polar surface area (TPSA) is 46.0 Å². The Labute approximate surface area is 292 Å². The van der Waals surface area contributed by atoms with Crippen LogP contribution < -0.4 is 0 Å². The third kappa shape index (κ3) is 4.13. The summed E-state index contributed by atoms with van der Waals surface area (Å²) >= 11 is 1.87. The average molecular weight is 657 g/mol. The van der Waals surface area contributed by atoms with Crippen LogP contribution in [0, 0.1) is 11.3 Å². The quantitative estimate of drug-likeness (QED) is 0.170. The molecule has 0 radical (unpaired) electrons. The van der Waals surface area contributed by atoms with E-state index in [2.05, 4.69) is 160 Å². The third-order valence-corrected chi connectivity index (χ3v) is 11.2. The van der Waals surface area contributed by atoms with Crippen molar-refractivity contribution in [2.45, 2.75) is 6.54 Å². The molecule has 0 spiro atoms. The lowest BCUT2D eigenvalue weighted by molar-refractivity contribution is 1.08. The van der Waals surface area contributed by atoms with Gasteiger partial charge in [-0.25, -0.2) is 0 Å². The Hall–Kier alpha value is -6.48. The summed E-state index contributed by atoms with van der Waals surface area (Å²) in [5.41, 5.74) is 10.7. The van der Waals surface area contributed by atoms with E-state index in [1.807, 2.05) is 23.5 Å². The molecule has 5 heteroatoms. The number of fused-ring (bicyclic) bond motifs is 10. The summed E-state index contributed by atoms with van der Waals surface area (Å²) in [6.07, 6.45) is 0. The molecular formula is C45H28N4S. The van der Waals surface area contributed by atoms with Crippen molar-refractivity contribution in [1.82, 2.24) is 9.13 Å². The van der Waals surface area contributed by atoms with Gasteiger partial charge in [0.05, 0.1) is 45.9 Å². The molecule has 7 aromatic carbocycles. The standard InChI is InChI=1S/C45H28N4S/c1-47-27-29-16-20-39(49-38-13-7-5-11-32(38)36-23-28(26-46)15-19-40(36)49)35(24-29)30-17-21-41-37(25-30)44-42(48(41)31-9-3-2-4-10-31)22-18-34-33-12-6-8-14-43(33)50-45(34)44/h2-25H,1,27H2. The normalized spacial score (nSPS) is 11.7. The lowest BCUT2D eigenvalue weighted by Crippen LogP contribution is -1.99. The van der Waals surface area contributed by atoms with E-state index >= 15 is 0 Å². The molecule has 0 fully saturated rings. The Morgan fingerprint density at radius 2 is 1.34 bits per heavy atom. The minimum Gasteiger partial charge on any atom is -0.309 e. The van der Waals surface area contributed by atoms with Crippen LogP contribution in [-0.2, 0) is 6.54 Å². The van der Waals surface area contributed by atoms with Crippen molar-refractivity contribution in [3.63, 3.8) is 0 Å². The molecule has 0 saturated carbocycles. The molecular weight excluding hydrogens is 629 g/mol. The first-order valence-corrected chi connectivity index (χ1v) is 17.5. The van der Waals surface area contributed by atoms with Crippen LogP contribution in [0.1, 0.15) is 11.1 Å². The molecule has 0 bridgehead atoms. The van der Waals surface area contributed by atoms with Gasteiger partial charge in [-0.15, -0.1) is 11.3 Å². The highest BCUT2D eigenvalue weighted by Gasteiger charge is 2.21. The van der Waals surface area contributed by atoms with Gasteiger partial charge in [0, 0.05) is 53.0 Å². The molecule has 3 aromatic heterocycles. The molecule has 0 atom stereocenters. The van der Waals surface area contributed by atoms with E-state index in [1.54, 1.807) is 0 Å². The summed E-state index contributed by atoms with van der Waals surface area (Å²) in [4.78, 5) is 4.25. The van der Waals surface area contributed by atoms with Crippen molar-refractivity contribution < 1.29 is 0 Å². The van der Waals surface area contributed by atoms with Crippen LogP contribution in [0.25, 0.3) is 86.3 Å². The minimum atomic E-state index is 0.532. The van der Waals surface area contributed by atoms with Crippen LogP contribution >= 0.6 is 11.3 Å². The highest BCUT2D eigenvalue weighted by atomic mass is 32.1. The molecule has 0 aliphatic heterocycles. The van der Waals surface area contributed by atoms with Crippen LogP contribution in [0.2, 0.25) is 0 Å². The highest BCUT2D eigenvalue weighted by Crippen LogP contribution is 2.45. The van der Waals surface area contributed by atoms with Gasteiger partial charge in [-0.05, 0) is 90.6 Å². The van der Waals surface area contributed by atoms with Crippen LogP contribution in [-0.4, -0.2) is 15.9 Å². The average Bonchev–Trinajstić information content (AvgIpc) is 3.82. The summed E-state index contributed by atoms with van der Waals surface area (Å²) in [5, 5.41) is 17.0. The number of para-hydroxylation sites is 2. The first-order chi connectivity index (χ1) is 24.7. The van der Waals surface area contributed by atoms with Gasteiger partial charge in [-0.1, -0.05) is 72.8 Å². The fourth-order valence-corrected chi connectivity index (χ4v) is 9.11. The maximum atomic E-state index is 9.74. The predicted octanol–water partition coefficient (Wildman–Crippen LogP) is 12.0. The summed E-state index contributed by atoms with van der Waals surface area (Å²) in [5.74, 6) is 0. The fraction of sp³-hybridized carbons (Fsp3) is 0.0222. The zero-order valence-corrected chi connectivity index (χ0v) is 27.8. The molecule has 0 aliphatic carbocycles. The van der Waals surface area contributed by atoms with Crippen molar-refractivity contribution in [2.24, 2.45) is 4.99 Å². The Kier molecular flexibility index (Phi) is 6.29. The second-order valence-electron chi connectivity index (χ2n) is 12.8. The highest BCUT2D eigenvalue weighted by molar-refractivity contribution is 7.26. The maximum Gasteiger partial charge on any atom is 0.0991 e. The number of rotatable bonds is 5. The first-order valence-electron chi connectivity index (χ1n) is 16.6. The molecule has 4 nitrogen and oxygen atoms in total. The number of nitriles is 1. The Bertz CT molecular complexity index is 3040. The minimum absolute atomic E-state index is 0.532. The largest absolute Gasteiger partial charge is 0.309 e. The van der Waals surface area contributed by atoms with Crippen LogP contribution in [0.4, 0.5) is 0 Å². The van der Waals surface area contributed by atoms with E-state index in [1.165, 1.54) is 42.0 Å². The van der Waals surface area contributed by atoms with Crippen molar-refractivity contribution in [2.75, 3.05) is 0 Å². The Morgan fingerprint density at radius 1 is 0.600 bits per heavy atom. The zero-order chi connectivity index (χ0) is 33.3. The third-order valence-electron chi connectivity index (χ3n) is 10.00. The SMILES string of the molecule is C=NCc1ccc(-n2c3ccccc3c3cc(C#N)ccc32)c(-c2ccc3c(c2)c2c4sc5ccccc5c4ccc2n3-c2ccccc2)c1. The zero-order valence-electron chi connectivity index (χ0n) is 27.0. The van der Waals surface area contributed by atoms with Gasteiger partial charge in [-0.3, -0.25) is 4.99 Å². The molecule has 10 aromatic rings. The number of thiophene rings is 1. The Morgan fingerprint density at radius 3 is 2.20 bits per heavy atom. The molecule has 10 rings (SSSR count). The molecule has 0 N–H and O–H groups in total. The van der Waals surface area contributed by atoms with Gasteiger partial charge in [0.15, 0.2) is 0 Å². The molecule has 0 amide bonds. The van der Waals surface area contributed by atoms with Gasteiger partial charge in [0.25, 0.3) is 0 Å². The van der Waals surface area contributed by atoms with Crippen LogP contribution in [0.15, 0.2) is 151 Å². The van der Waals surface area contributed by atoms with Crippen molar-refractivity contribution >= 4 is 81.8 Å². The smallest absolute Gasteiger partial charge is 0.0991 e. The Balaban J connectivity index is 1.31. The molecule has 0 saturated heterocycles. The summed E-state index contributed by atoms with van der Waals surface area (Å²) in [6.45, 7) is 4.33. The fourth-order valence-electron chi connectivity index (χ4n) is 7.85. The van der Waals surface area contributed by atoms with Crippen molar-refractivity contribution in [1.29, 1.82) is 5.26 Å². The lowest BCUT2D eigenvalue weighted by Gasteiger charge is -2.16. The van der Waals surface area contributed by atoms with Gasteiger partial charge in [0.2, 0.25) is 0 Å². The van der Waals surface area contributed by atoms with Gasteiger partial charge < -0.3 is 9.13 Å². The number of nitrogens with zero attached hydrogens (tertiary/aromatic N) is 4. The van der Waals surface area contributed by atoms with E-state index < -0.39 is 0 Å². The van der Waals surface area contributed by atoms with E-state index in [4.69, 9.17) is 0 Å². The van der Waals surface area contributed by atoms with Crippen LogP contribution in [0.3, 0.4) is 0 Å². The second kappa shape index (κ2) is 11.0. The first kappa shape index (κ1) is 28.5. The molecule has 0 aliphatic rings.